The molecule has 0 amide bonds. The van der Waals surface area contributed by atoms with Crippen LogP contribution in [0.3, 0.4) is 0 Å². The van der Waals surface area contributed by atoms with Gasteiger partial charge in [0.2, 0.25) is 0 Å². The van der Waals surface area contributed by atoms with Gasteiger partial charge in [0.15, 0.2) is 0 Å². The van der Waals surface area contributed by atoms with Gasteiger partial charge < -0.3 is 4.84 Å². The van der Waals surface area contributed by atoms with Crippen LogP contribution in [0.4, 0.5) is 0 Å². The van der Waals surface area contributed by atoms with Crippen LogP contribution in [0.5, 0.6) is 0 Å². The highest BCUT2D eigenvalue weighted by Crippen LogP contribution is 2.10. The van der Waals surface area contributed by atoms with E-state index in [-0.39, 0.29) is 0 Å². The number of carbonyl (C=O) groups excluding carboxylic acids is 1. The zero-order chi connectivity index (χ0) is 16.6. The van der Waals surface area contributed by atoms with Gasteiger partial charge in [0.25, 0.3) is 0 Å². The van der Waals surface area contributed by atoms with E-state index in [1.807, 2.05) is 60.0 Å². The minimum atomic E-state index is -0.452. The van der Waals surface area contributed by atoms with E-state index in [0.29, 0.717) is 4.88 Å². The van der Waals surface area contributed by atoms with Crippen molar-refractivity contribution in [1.82, 2.24) is 0 Å². The van der Waals surface area contributed by atoms with E-state index < -0.39 is 5.97 Å². The standard InChI is InChI=1S/C20H13NO2S/c22-20(19-7-4-14-24-19)23-21-15-18-12-10-17(11-13-18)9-8-16-5-2-1-3-6-16/h1-7,10-15H/b21-15+. The Balaban J connectivity index is 1.60. The predicted molar refractivity (Wildman–Crippen MR) is 96.2 cm³/mol. The van der Waals surface area contributed by atoms with Crippen LogP contribution in [0.15, 0.2) is 77.3 Å². The lowest BCUT2D eigenvalue weighted by atomic mass is 10.1. The van der Waals surface area contributed by atoms with Crippen LogP contribution in [-0.4, -0.2) is 12.2 Å². The van der Waals surface area contributed by atoms with Gasteiger partial charge in [-0.2, -0.15) is 0 Å². The number of rotatable bonds is 3. The van der Waals surface area contributed by atoms with Crippen molar-refractivity contribution in [3.8, 4) is 11.8 Å². The van der Waals surface area contributed by atoms with E-state index in [4.69, 9.17) is 4.84 Å². The summed E-state index contributed by atoms with van der Waals surface area (Å²) in [5.74, 6) is 5.75. The Morgan fingerprint density at radius 3 is 2.29 bits per heavy atom. The van der Waals surface area contributed by atoms with Gasteiger partial charge in [-0.1, -0.05) is 53.4 Å². The molecule has 2 aromatic carbocycles. The molecule has 3 rings (SSSR count). The van der Waals surface area contributed by atoms with Gasteiger partial charge in [0.1, 0.15) is 4.88 Å². The summed E-state index contributed by atoms with van der Waals surface area (Å²) < 4.78 is 0. The highest BCUT2D eigenvalue weighted by molar-refractivity contribution is 7.11. The fourth-order valence-corrected chi connectivity index (χ4v) is 2.49. The summed E-state index contributed by atoms with van der Waals surface area (Å²) in [6, 6.07) is 20.9. The number of hydrogen-bond acceptors (Lipinski definition) is 4. The second-order valence-corrected chi connectivity index (χ2v) is 5.78. The molecule has 0 bridgehead atoms. The zero-order valence-corrected chi connectivity index (χ0v) is 13.5. The molecule has 0 saturated carbocycles. The largest absolute Gasteiger partial charge is 0.375 e. The Bertz CT molecular complexity index is 886. The van der Waals surface area contributed by atoms with Crippen LogP contribution >= 0.6 is 11.3 Å². The molecule has 1 heterocycles. The van der Waals surface area contributed by atoms with Gasteiger partial charge >= 0.3 is 5.97 Å². The Kier molecular flexibility index (Phi) is 5.18. The molecule has 0 atom stereocenters. The summed E-state index contributed by atoms with van der Waals surface area (Å²) in [6.45, 7) is 0. The van der Waals surface area contributed by atoms with Gasteiger partial charge in [-0.3, -0.25) is 0 Å². The molecular formula is C20H13NO2S. The third kappa shape index (κ3) is 4.42. The predicted octanol–water partition coefficient (Wildman–Crippen LogP) is 4.34. The summed E-state index contributed by atoms with van der Waals surface area (Å²) in [7, 11) is 0. The van der Waals surface area contributed by atoms with Crippen LogP contribution in [0, 0.1) is 11.8 Å². The van der Waals surface area contributed by atoms with E-state index in [2.05, 4.69) is 17.0 Å². The van der Waals surface area contributed by atoms with Crippen LogP contribution in [-0.2, 0) is 4.84 Å². The van der Waals surface area contributed by atoms with Crippen molar-refractivity contribution in [2.45, 2.75) is 0 Å². The van der Waals surface area contributed by atoms with Crippen LogP contribution < -0.4 is 0 Å². The Morgan fingerprint density at radius 2 is 1.62 bits per heavy atom. The summed E-state index contributed by atoms with van der Waals surface area (Å²) >= 11 is 1.32. The number of carbonyl (C=O) groups is 1. The van der Waals surface area contributed by atoms with Gasteiger partial charge in [0.05, 0.1) is 6.21 Å². The number of oxime groups is 1. The molecule has 0 aliphatic carbocycles. The fraction of sp³-hybridized carbons (Fsp3) is 0. The van der Waals surface area contributed by atoms with E-state index >= 15 is 0 Å². The molecule has 0 saturated heterocycles. The molecule has 24 heavy (non-hydrogen) atoms. The average molecular weight is 331 g/mol. The Hall–Kier alpha value is -3.16. The van der Waals surface area contributed by atoms with Crippen molar-refractivity contribution in [1.29, 1.82) is 0 Å². The van der Waals surface area contributed by atoms with Crippen molar-refractivity contribution in [2.75, 3.05) is 0 Å². The molecule has 3 aromatic rings. The minimum absolute atomic E-state index is 0.452. The van der Waals surface area contributed by atoms with Gasteiger partial charge in [0, 0.05) is 11.1 Å². The lowest BCUT2D eigenvalue weighted by Gasteiger charge is -1.95. The maximum atomic E-state index is 11.6. The SMILES string of the molecule is O=C(O/N=C/c1ccc(C#Cc2ccccc2)cc1)c1cccs1. The second-order valence-electron chi connectivity index (χ2n) is 4.83. The third-order valence-electron chi connectivity index (χ3n) is 3.10. The molecule has 0 aliphatic rings. The molecule has 0 unspecified atom stereocenters. The third-order valence-corrected chi connectivity index (χ3v) is 3.95. The maximum Gasteiger partial charge on any atom is 0.375 e. The first-order chi connectivity index (χ1) is 11.8. The summed E-state index contributed by atoms with van der Waals surface area (Å²) in [5, 5.41) is 5.53. The molecule has 0 spiro atoms. The normalized spacial score (nSPS) is 10.2. The van der Waals surface area contributed by atoms with Gasteiger partial charge in [-0.15, -0.1) is 11.3 Å². The van der Waals surface area contributed by atoms with E-state index in [0.717, 1.165) is 16.7 Å². The molecule has 116 valence electrons. The van der Waals surface area contributed by atoms with Crippen molar-refractivity contribution in [2.24, 2.45) is 5.16 Å². The van der Waals surface area contributed by atoms with Crippen molar-refractivity contribution in [3.63, 3.8) is 0 Å². The molecule has 0 aliphatic heterocycles. The van der Waals surface area contributed by atoms with Crippen molar-refractivity contribution >= 4 is 23.5 Å². The highest BCUT2D eigenvalue weighted by atomic mass is 32.1. The van der Waals surface area contributed by atoms with E-state index in [9.17, 15) is 4.79 Å². The molecule has 0 N–H and O–H groups in total. The maximum absolute atomic E-state index is 11.6. The smallest absolute Gasteiger partial charge is 0.312 e. The number of hydrogen-bond donors (Lipinski definition) is 0. The van der Waals surface area contributed by atoms with Gasteiger partial charge in [-0.05, 0) is 41.3 Å². The monoisotopic (exact) mass is 331 g/mol. The van der Waals surface area contributed by atoms with E-state index in [1.165, 1.54) is 17.6 Å². The van der Waals surface area contributed by atoms with E-state index in [1.54, 1.807) is 12.1 Å². The lowest BCUT2D eigenvalue weighted by Crippen LogP contribution is -1.97. The number of nitrogens with zero attached hydrogens (tertiary/aromatic N) is 1. The van der Waals surface area contributed by atoms with Gasteiger partial charge in [-0.25, -0.2) is 4.79 Å². The number of benzene rings is 2. The van der Waals surface area contributed by atoms with Crippen molar-refractivity contribution in [3.05, 3.63) is 93.7 Å². The Labute approximate surface area is 144 Å². The van der Waals surface area contributed by atoms with Crippen LogP contribution in [0.1, 0.15) is 26.4 Å². The molecule has 0 fully saturated rings. The first-order valence-electron chi connectivity index (χ1n) is 7.26. The number of thiophene rings is 1. The van der Waals surface area contributed by atoms with Crippen LogP contribution in [0.25, 0.3) is 0 Å². The molecule has 1 aromatic heterocycles. The lowest BCUT2D eigenvalue weighted by molar-refractivity contribution is 0.0525. The molecule has 4 heteroatoms. The second kappa shape index (κ2) is 7.91. The molecule has 0 radical (unpaired) electrons. The average Bonchev–Trinajstić information content (AvgIpc) is 3.17. The highest BCUT2D eigenvalue weighted by Gasteiger charge is 2.06. The molecule has 3 nitrogen and oxygen atoms in total. The van der Waals surface area contributed by atoms with Crippen molar-refractivity contribution < 1.29 is 9.63 Å². The summed E-state index contributed by atoms with van der Waals surface area (Å²) in [6.07, 6.45) is 1.50. The minimum Gasteiger partial charge on any atom is -0.312 e. The Morgan fingerprint density at radius 1 is 0.917 bits per heavy atom. The molecular weight excluding hydrogens is 318 g/mol. The fourth-order valence-electron chi connectivity index (χ4n) is 1.89. The topological polar surface area (TPSA) is 38.7 Å². The summed E-state index contributed by atoms with van der Waals surface area (Å²) in [4.78, 5) is 17.0. The first kappa shape index (κ1) is 15.7. The zero-order valence-electron chi connectivity index (χ0n) is 12.7. The first-order valence-corrected chi connectivity index (χ1v) is 8.14. The quantitative estimate of drug-likeness (QED) is 0.310. The van der Waals surface area contributed by atoms with Crippen LogP contribution in [0.2, 0.25) is 0 Å². The summed E-state index contributed by atoms with van der Waals surface area (Å²) in [5.41, 5.74) is 2.72.